The average Bonchev–Trinajstić information content (AvgIpc) is 2.96. The summed E-state index contributed by atoms with van der Waals surface area (Å²) in [6.07, 6.45) is 1.26. The van der Waals surface area contributed by atoms with Gasteiger partial charge in [-0.2, -0.15) is 4.37 Å². The van der Waals surface area contributed by atoms with Crippen molar-refractivity contribution in [1.82, 2.24) is 4.37 Å². The van der Waals surface area contributed by atoms with E-state index in [4.69, 9.17) is 5.73 Å². The maximum absolute atomic E-state index is 6.05. The number of nitrogen functional groups attached to an aromatic ring is 1. The standard InChI is InChI=1S/C14H17N3S/c1-10-7-8-17(9-10)14-12(13(15)16-18-14)11-5-3-2-4-6-11/h2-6,10H,7-9H2,1H3,(H2,15,16). The Labute approximate surface area is 111 Å². The van der Waals surface area contributed by atoms with Crippen LogP contribution in [-0.4, -0.2) is 17.5 Å². The van der Waals surface area contributed by atoms with Crippen molar-refractivity contribution in [1.29, 1.82) is 0 Å². The molecule has 0 amide bonds. The number of nitrogens with zero attached hydrogens (tertiary/aromatic N) is 2. The molecule has 0 spiro atoms. The summed E-state index contributed by atoms with van der Waals surface area (Å²) in [6.45, 7) is 4.52. The van der Waals surface area contributed by atoms with Crippen molar-refractivity contribution in [2.75, 3.05) is 23.7 Å². The van der Waals surface area contributed by atoms with Crippen LogP contribution in [0.25, 0.3) is 11.1 Å². The minimum absolute atomic E-state index is 0.653. The summed E-state index contributed by atoms with van der Waals surface area (Å²) in [5, 5.41) is 1.23. The first-order valence-corrected chi connectivity index (χ1v) is 7.08. The summed E-state index contributed by atoms with van der Waals surface area (Å²) in [7, 11) is 0. The molecule has 1 atom stereocenters. The lowest BCUT2D eigenvalue weighted by molar-refractivity contribution is 0.660. The number of anilines is 2. The van der Waals surface area contributed by atoms with Crippen LogP contribution >= 0.6 is 11.5 Å². The molecule has 0 radical (unpaired) electrons. The first-order valence-electron chi connectivity index (χ1n) is 6.31. The molecular formula is C14H17N3S. The van der Waals surface area contributed by atoms with Crippen molar-refractivity contribution in [2.45, 2.75) is 13.3 Å². The fourth-order valence-corrected chi connectivity index (χ4v) is 3.38. The largest absolute Gasteiger partial charge is 0.382 e. The Balaban J connectivity index is 2.02. The summed E-state index contributed by atoms with van der Waals surface area (Å²) in [5.74, 6) is 1.41. The molecule has 2 aromatic rings. The number of aromatic nitrogens is 1. The molecule has 18 heavy (non-hydrogen) atoms. The Hall–Kier alpha value is -1.55. The molecule has 0 aliphatic carbocycles. The van der Waals surface area contributed by atoms with Gasteiger partial charge < -0.3 is 10.6 Å². The van der Waals surface area contributed by atoms with Crippen molar-refractivity contribution in [2.24, 2.45) is 5.92 Å². The molecule has 1 unspecified atom stereocenters. The van der Waals surface area contributed by atoms with Gasteiger partial charge >= 0.3 is 0 Å². The van der Waals surface area contributed by atoms with Gasteiger partial charge in [0.25, 0.3) is 0 Å². The maximum Gasteiger partial charge on any atom is 0.147 e. The Morgan fingerprint density at radius 1 is 1.33 bits per heavy atom. The second kappa shape index (κ2) is 4.61. The van der Waals surface area contributed by atoms with Crippen LogP contribution in [0.4, 0.5) is 10.8 Å². The van der Waals surface area contributed by atoms with Gasteiger partial charge in [0.1, 0.15) is 10.8 Å². The zero-order valence-electron chi connectivity index (χ0n) is 10.5. The Morgan fingerprint density at radius 2 is 2.11 bits per heavy atom. The van der Waals surface area contributed by atoms with Crippen LogP contribution < -0.4 is 10.6 Å². The number of hydrogen-bond donors (Lipinski definition) is 1. The SMILES string of the molecule is CC1CCN(c2snc(N)c2-c2ccccc2)C1. The zero-order chi connectivity index (χ0) is 12.5. The van der Waals surface area contributed by atoms with Gasteiger partial charge in [0, 0.05) is 13.1 Å². The molecule has 2 N–H and O–H groups in total. The lowest BCUT2D eigenvalue weighted by Gasteiger charge is -2.17. The zero-order valence-corrected chi connectivity index (χ0v) is 11.3. The first kappa shape index (κ1) is 11.5. The highest BCUT2D eigenvalue weighted by atomic mass is 32.1. The second-order valence-corrected chi connectivity index (χ2v) is 5.71. The highest BCUT2D eigenvalue weighted by Gasteiger charge is 2.24. The number of benzene rings is 1. The summed E-state index contributed by atoms with van der Waals surface area (Å²) < 4.78 is 4.34. The molecule has 2 heterocycles. The van der Waals surface area contributed by atoms with Crippen LogP contribution in [0.3, 0.4) is 0 Å². The normalized spacial score (nSPS) is 19.4. The Bertz CT molecular complexity index is 535. The van der Waals surface area contributed by atoms with Crippen LogP contribution in [-0.2, 0) is 0 Å². The van der Waals surface area contributed by atoms with E-state index in [0.717, 1.165) is 24.6 Å². The summed E-state index contributed by atoms with van der Waals surface area (Å²) in [4.78, 5) is 2.42. The predicted octanol–water partition coefficient (Wildman–Crippen LogP) is 3.24. The molecule has 1 aromatic heterocycles. The lowest BCUT2D eigenvalue weighted by Crippen LogP contribution is -2.18. The monoisotopic (exact) mass is 259 g/mol. The van der Waals surface area contributed by atoms with Gasteiger partial charge in [-0.1, -0.05) is 37.3 Å². The fraction of sp³-hybridized carbons (Fsp3) is 0.357. The van der Waals surface area contributed by atoms with Gasteiger partial charge in [0.05, 0.1) is 5.56 Å². The van der Waals surface area contributed by atoms with Gasteiger partial charge in [-0.05, 0) is 29.4 Å². The quantitative estimate of drug-likeness (QED) is 0.900. The van der Waals surface area contributed by atoms with Crippen LogP contribution in [0.2, 0.25) is 0 Å². The van der Waals surface area contributed by atoms with E-state index in [2.05, 4.69) is 28.3 Å². The van der Waals surface area contributed by atoms with Gasteiger partial charge in [-0.3, -0.25) is 0 Å². The minimum atomic E-state index is 0.653. The van der Waals surface area contributed by atoms with Crippen molar-refractivity contribution in [3.8, 4) is 11.1 Å². The molecule has 4 heteroatoms. The first-order chi connectivity index (χ1) is 8.75. The molecule has 1 saturated heterocycles. The van der Waals surface area contributed by atoms with Crippen molar-refractivity contribution in [3.63, 3.8) is 0 Å². The van der Waals surface area contributed by atoms with E-state index in [0.29, 0.717) is 5.82 Å². The molecule has 3 nitrogen and oxygen atoms in total. The van der Waals surface area contributed by atoms with E-state index in [1.54, 1.807) is 0 Å². The Kier molecular flexibility index (Phi) is 2.96. The number of rotatable bonds is 2. The fourth-order valence-electron chi connectivity index (χ4n) is 2.50. The highest BCUT2D eigenvalue weighted by Crippen LogP contribution is 2.40. The van der Waals surface area contributed by atoms with Crippen LogP contribution in [0, 0.1) is 5.92 Å². The second-order valence-electron chi connectivity index (χ2n) is 4.95. The van der Waals surface area contributed by atoms with Gasteiger partial charge in [-0.25, -0.2) is 0 Å². The smallest absolute Gasteiger partial charge is 0.147 e. The predicted molar refractivity (Wildman–Crippen MR) is 78.0 cm³/mol. The van der Waals surface area contributed by atoms with E-state index in [-0.39, 0.29) is 0 Å². The van der Waals surface area contributed by atoms with Gasteiger partial charge in [-0.15, -0.1) is 0 Å². The Morgan fingerprint density at radius 3 is 2.78 bits per heavy atom. The molecule has 1 aliphatic rings. The molecule has 0 bridgehead atoms. The molecule has 1 aliphatic heterocycles. The maximum atomic E-state index is 6.05. The summed E-state index contributed by atoms with van der Waals surface area (Å²) >= 11 is 1.52. The van der Waals surface area contributed by atoms with Crippen LogP contribution in [0.15, 0.2) is 30.3 Å². The van der Waals surface area contributed by atoms with E-state index < -0.39 is 0 Å². The van der Waals surface area contributed by atoms with Gasteiger partial charge in [0.15, 0.2) is 0 Å². The summed E-state index contributed by atoms with van der Waals surface area (Å²) in [6, 6.07) is 10.3. The topological polar surface area (TPSA) is 42.2 Å². The van der Waals surface area contributed by atoms with Crippen LogP contribution in [0.5, 0.6) is 0 Å². The molecule has 94 valence electrons. The van der Waals surface area contributed by atoms with Crippen LogP contribution in [0.1, 0.15) is 13.3 Å². The van der Waals surface area contributed by atoms with E-state index in [9.17, 15) is 0 Å². The molecule has 0 saturated carbocycles. The van der Waals surface area contributed by atoms with Crippen molar-refractivity contribution in [3.05, 3.63) is 30.3 Å². The highest BCUT2D eigenvalue weighted by molar-refractivity contribution is 7.11. The average molecular weight is 259 g/mol. The third-order valence-corrected chi connectivity index (χ3v) is 4.40. The molecule has 1 aromatic carbocycles. The third kappa shape index (κ3) is 1.97. The minimum Gasteiger partial charge on any atom is -0.382 e. The molecular weight excluding hydrogens is 242 g/mol. The van der Waals surface area contributed by atoms with Crippen molar-refractivity contribution >= 4 is 22.4 Å². The van der Waals surface area contributed by atoms with Gasteiger partial charge in [0.2, 0.25) is 0 Å². The van der Waals surface area contributed by atoms with E-state index in [1.807, 2.05) is 18.2 Å². The van der Waals surface area contributed by atoms with E-state index in [1.165, 1.54) is 28.5 Å². The number of hydrogen-bond acceptors (Lipinski definition) is 4. The molecule has 3 rings (SSSR count). The molecule has 1 fully saturated rings. The third-order valence-electron chi connectivity index (χ3n) is 3.47. The van der Waals surface area contributed by atoms with Crippen molar-refractivity contribution < 1.29 is 0 Å². The number of nitrogens with two attached hydrogens (primary N) is 1. The van der Waals surface area contributed by atoms with E-state index >= 15 is 0 Å². The lowest BCUT2D eigenvalue weighted by atomic mass is 10.1. The summed E-state index contributed by atoms with van der Waals surface area (Å²) in [5.41, 5.74) is 8.32.